The summed E-state index contributed by atoms with van der Waals surface area (Å²) in [5.74, 6) is 0.925. The molecule has 0 unspecified atom stereocenters. The fraction of sp³-hybridized carbons (Fsp3) is 0.455. The summed E-state index contributed by atoms with van der Waals surface area (Å²) in [7, 11) is 3.66. The molecular formula is C11H16ClNO. The minimum Gasteiger partial charge on any atom is -0.496 e. The Hall–Kier alpha value is -0.890. The van der Waals surface area contributed by atoms with Crippen LogP contribution in [0.4, 0.5) is 5.69 Å². The molecule has 0 aliphatic rings. The summed E-state index contributed by atoms with van der Waals surface area (Å²) in [5, 5.41) is 0. The third-order valence-corrected chi connectivity index (χ3v) is 2.66. The van der Waals surface area contributed by atoms with Crippen LogP contribution in [0.5, 0.6) is 5.75 Å². The molecule has 1 aromatic carbocycles. The normalized spacial score (nSPS) is 10.1. The van der Waals surface area contributed by atoms with Gasteiger partial charge < -0.3 is 9.64 Å². The first kappa shape index (κ1) is 11.2. The third-order valence-electron chi connectivity index (χ3n) is 2.30. The summed E-state index contributed by atoms with van der Waals surface area (Å²) >= 11 is 5.78. The molecule has 0 aliphatic heterocycles. The highest BCUT2D eigenvalue weighted by atomic mass is 35.5. The van der Waals surface area contributed by atoms with Gasteiger partial charge in [-0.25, -0.2) is 0 Å². The van der Waals surface area contributed by atoms with Crippen molar-refractivity contribution in [2.45, 2.75) is 13.8 Å². The summed E-state index contributed by atoms with van der Waals surface area (Å²) in [6, 6.07) is 4.62. The number of benzene rings is 1. The first-order valence-corrected chi connectivity index (χ1v) is 5.06. The van der Waals surface area contributed by atoms with E-state index in [9.17, 15) is 0 Å². The van der Waals surface area contributed by atoms with E-state index in [1.165, 1.54) is 5.56 Å². The molecule has 0 spiro atoms. The number of hydrogen-bond acceptors (Lipinski definition) is 2. The molecule has 0 radical (unpaired) electrons. The van der Waals surface area contributed by atoms with Gasteiger partial charge in [0.25, 0.3) is 0 Å². The van der Waals surface area contributed by atoms with Crippen LogP contribution in [0.25, 0.3) is 0 Å². The van der Waals surface area contributed by atoms with Crippen molar-refractivity contribution in [1.29, 1.82) is 0 Å². The number of ether oxygens (including phenoxy) is 1. The van der Waals surface area contributed by atoms with Gasteiger partial charge in [0.1, 0.15) is 5.75 Å². The standard InChI is InChI=1S/C11H16ClNO/c1-8-6-11(14-4)9(2)5-10(8)13(3)7-12/h5-6H,7H2,1-4H3. The molecule has 0 amide bonds. The summed E-state index contributed by atoms with van der Waals surface area (Å²) < 4.78 is 5.24. The Labute approximate surface area is 90.4 Å². The third kappa shape index (κ3) is 2.13. The molecule has 0 heterocycles. The van der Waals surface area contributed by atoms with E-state index < -0.39 is 0 Å². The number of nitrogens with zero attached hydrogens (tertiary/aromatic N) is 1. The number of alkyl halides is 1. The van der Waals surface area contributed by atoms with Gasteiger partial charge in [-0.1, -0.05) is 0 Å². The lowest BCUT2D eigenvalue weighted by Gasteiger charge is -2.20. The average Bonchev–Trinajstić information content (AvgIpc) is 2.19. The maximum atomic E-state index is 5.78. The second-order valence-electron chi connectivity index (χ2n) is 3.43. The van der Waals surface area contributed by atoms with Gasteiger partial charge in [-0.05, 0) is 37.1 Å². The first-order chi connectivity index (χ1) is 6.60. The summed E-state index contributed by atoms with van der Waals surface area (Å²) in [4.78, 5) is 2.00. The van der Waals surface area contributed by atoms with E-state index in [2.05, 4.69) is 13.0 Å². The van der Waals surface area contributed by atoms with Crippen LogP contribution >= 0.6 is 11.6 Å². The maximum Gasteiger partial charge on any atom is 0.122 e. The van der Waals surface area contributed by atoms with Gasteiger partial charge in [-0.2, -0.15) is 0 Å². The monoisotopic (exact) mass is 213 g/mol. The highest BCUT2D eigenvalue weighted by molar-refractivity contribution is 6.19. The molecule has 78 valence electrons. The zero-order valence-electron chi connectivity index (χ0n) is 9.10. The maximum absolute atomic E-state index is 5.78. The molecular weight excluding hydrogens is 198 g/mol. The Balaban J connectivity index is 3.14. The lowest BCUT2D eigenvalue weighted by molar-refractivity contribution is 0.411. The van der Waals surface area contributed by atoms with Gasteiger partial charge in [0.05, 0.1) is 13.1 Å². The average molecular weight is 214 g/mol. The van der Waals surface area contributed by atoms with Gasteiger partial charge in [0, 0.05) is 12.7 Å². The molecule has 1 rings (SSSR count). The Kier molecular flexibility index (Phi) is 3.64. The second-order valence-corrected chi connectivity index (χ2v) is 3.66. The fourth-order valence-corrected chi connectivity index (χ4v) is 1.60. The van der Waals surface area contributed by atoms with Crippen molar-refractivity contribution in [2.24, 2.45) is 0 Å². The van der Waals surface area contributed by atoms with Crippen molar-refractivity contribution in [2.75, 3.05) is 25.1 Å². The highest BCUT2D eigenvalue weighted by Crippen LogP contribution is 2.28. The van der Waals surface area contributed by atoms with E-state index in [1.54, 1.807) is 7.11 Å². The highest BCUT2D eigenvalue weighted by Gasteiger charge is 2.07. The van der Waals surface area contributed by atoms with Crippen LogP contribution in [0.3, 0.4) is 0 Å². The second kappa shape index (κ2) is 4.56. The van der Waals surface area contributed by atoms with Crippen LogP contribution in [0, 0.1) is 13.8 Å². The van der Waals surface area contributed by atoms with E-state index in [4.69, 9.17) is 16.3 Å². The smallest absolute Gasteiger partial charge is 0.122 e. The number of anilines is 1. The van der Waals surface area contributed by atoms with Crippen LogP contribution < -0.4 is 9.64 Å². The zero-order chi connectivity index (χ0) is 10.7. The van der Waals surface area contributed by atoms with E-state index in [0.717, 1.165) is 17.0 Å². The lowest BCUT2D eigenvalue weighted by Crippen LogP contribution is -2.15. The van der Waals surface area contributed by atoms with Crippen LogP contribution in [-0.4, -0.2) is 20.2 Å². The van der Waals surface area contributed by atoms with Crippen molar-refractivity contribution in [1.82, 2.24) is 0 Å². The van der Waals surface area contributed by atoms with E-state index in [-0.39, 0.29) is 0 Å². The number of hydrogen-bond donors (Lipinski definition) is 0. The largest absolute Gasteiger partial charge is 0.496 e. The van der Waals surface area contributed by atoms with Crippen molar-refractivity contribution in [3.63, 3.8) is 0 Å². The molecule has 1 aromatic rings. The molecule has 0 atom stereocenters. The predicted octanol–water partition coefficient (Wildman–Crippen LogP) is 2.94. The molecule has 0 fully saturated rings. The number of aryl methyl sites for hydroxylation is 2. The quantitative estimate of drug-likeness (QED) is 0.566. The Bertz CT molecular complexity index is 325. The summed E-state index contributed by atoms with van der Waals surface area (Å²) in [5.41, 5.74) is 3.46. The van der Waals surface area contributed by atoms with Crippen LogP contribution in [0.15, 0.2) is 12.1 Å². The Morgan fingerprint density at radius 2 is 1.93 bits per heavy atom. The molecule has 0 aliphatic carbocycles. The van der Waals surface area contributed by atoms with Crippen LogP contribution in [0.1, 0.15) is 11.1 Å². The lowest BCUT2D eigenvalue weighted by atomic mass is 10.1. The predicted molar refractivity (Wildman–Crippen MR) is 61.6 cm³/mol. The number of methoxy groups -OCH3 is 1. The van der Waals surface area contributed by atoms with E-state index >= 15 is 0 Å². The SMILES string of the molecule is COc1cc(C)c(N(C)CCl)cc1C. The molecule has 2 nitrogen and oxygen atoms in total. The van der Waals surface area contributed by atoms with Gasteiger partial charge in [-0.15, -0.1) is 11.6 Å². The zero-order valence-corrected chi connectivity index (χ0v) is 9.85. The van der Waals surface area contributed by atoms with Gasteiger partial charge in [0.2, 0.25) is 0 Å². The van der Waals surface area contributed by atoms with E-state index in [0.29, 0.717) is 6.00 Å². The Morgan fingerprint density at radius 3 is 2.43 bits per heavy atom. The molecule has 3 heteroatoms. The molecule has 0 N–H and O–H groups in total. The summed E-state index contributed by atoms with van der Waals surface area (Å²) in [6.45, 7) is 4.09. The van der Waals surface area contributed by atoms with Gasteiger partial charge >= 0.3 is 0 Å². The van der Waals surface area contributed by atoms with Crippen LogP contribution in [-0.2, 0) is 0 Å². The van der Waals surface area contributed by atoms with Gasteiger partial charge in [0.15, 0.2) is 0 Å². The number of halogens is 1. The Morgan fingerprint density at radius 1 is 1.29 bits per heavy atom. The van der Waals surface area contributed by atoms with E-state index in [1.807, 2.05) is 24.9 Å². The molecule has 0 bridgehead atoms. The molecule has 0 aromatic heterocycles. The van der Waals surface area contributed by atoms with Gasteiger partial charge in [-0.3, -0.25) is 0 Å². The minimum atomic E-state index is 0.493. The molecule has 0 saturated heterocycles. The summed E-state index contributed by atoms with van der Waals surface area (Å²) in [6.07, 6.45) is 0. The molecule has 14 heavy (non-hydrogen) atoms. The minimum absolute atomic E-state index is 0.493. The van der Waals surface area contributed by atoms with Crippen molar-refractivity contribution in [3.05, 3.63) is 23.3 Å². The topological polar surface area (TPSA) is 12.5 Å². The van der Waals surface area contributed by atoms with Crippen molar-refractivity contribution >= 4 is 17.3 Å². The first-order valence-electron chi connectivity index (χ1n) is 4.52. The van der Waals surface area contributed by atoms with Crippen molar-refractivity contribution < 1.29 is 4.74 Å². The molecule has 0 saturated carbocycles. The van der Waals surface area contributed by atoms with Crippen molar-refractivity contribution in [3.8, 4) is 5.75 Å². The van der Waals surface area contributed by atoms with Crippen LogP contribution in [0.2, 0.25) is 0 Å². The fourth-order valence-electron chi connectivity index (χ4n) is 1.47. The number of rotatable bonds is 3.